The van der Waals surface area contributed by atoms with Gasteiger partial charge in [-0.15, -0.1) is 11.3 Å². The van der Waals surface area contributed by atoms with Crippen LogP contribution in [0.2, 0.25) is 0 Å². The van der Waals surface area contributed by atoms with Gasteiger partial charge < -0.3 is 0 Å². The second-order valence-corrected chi connectivity index (χ2v) is 7.81. The van der Waals surface area contributed by atoms with Crippen LogP contribution in [0.3, 0.4) is 0 Å². The van der Waals surface area contributed by atoms with Crippen molar-refractivity contribution in [1.82, 2.24) is 0 Å². The van der Waals surface area contributed by atoms with Gasteiger partial charge in [0.25, 0.3) is 0 Å². The largest absolute Gasteiger partial charge is 0.143 e. The van der Waals surface area contributed by atoms with E-state index in [0.717, 1.165) is 0 Å². The van der Waals surface area contributed by atoms with E-state index in [1.165, 1.54) is 20.8 Å². The molecule has 0 N–H and O–H groups in total. The third-order valence-electron chi connectivity index (χ3n) is 3.10. The van der Waals surface area contributed by atoms with Gasteiger partial charge in [0.15, 0.2) is 0 Å². The summed E-state index contributed by atoms with van der Waals surface area (Å²) in [7, 11) is -0.411. The second kappa shape index (κ2) is 7.27. The minimum Gasteiger partial charge on any atom is -0.143 e. The third-order valence-corrected chi connectivity index (χ3v) is 7.02. The molecule has 3 heteroatoms. The Kier molecular flexibility index (Phi) is 5.67. The Morgan fingerprint density at radius 3 is 2.15 bits per heavy atom. The van der Waals surface area contributed by atoms with Crippen molar-refractivity contribution in [1.29, 1.82) is 0 Å². The van der Waals surface area contributed by atoms with Crippen LogP contribution in [-0.2, 0) is 19.5 Å². The van der Waals surface area contributed by atoms with Crippen molar-refractivity contribution in [2.45, 2.75) is 6.92 Å². The van der Waals surface area contributed by atoms with E-state index in [4.69, 9.17) is 0 Å². The number of aryl methyl sites for hydroxylation is 1. The summed E-state index contributed by atoms with van der Waals surface area (Å²) >= 11 is 1.86. The van der Waals surface area contributed by atoms with E-state index < -0.39 is 7.92 Å². The molecular weight excluding hydrogens is 370 g/mol. The monoisotopic (exact) mass is 385 g/mol. The molecule has 1 atom stereocenters. The molecule has 0 bridgehead atoms. The minimum absolute atomic E-state index is 0. The van der Waals surface area contributed by atoms with Crippen LogP contribution in [0.25, 0.3) is 0 Å². The topological polar surface area (TPSA) is 0 Å². The van der Waals surface area contributed by atoms with Gasteiger partial charge in [-0.1, -0.05) is 60.7 Å². The summed E-state index contributed by atoms with van der Waals surface area (Å²) in [4.78, 5) is 0. The average molecular weight is 385 g/mol. The zero-order valence-corrected chi connectivity index (χ0v) is 14.5. The van der Waals surface area contributed by atoms with Crippen molar-refractivity contribution < 1.29 is 19.5 Å². The zero-order valence-electron chi connectivity index (χ0n) is 11.1. The van der Waals surface area contributed by atoms with Crippen LogP contribution in [0.15, 0.2) is 72.1 Å². The van der Waals surface area contributed by atoms with E-state index in [1.807, 2.05) is 11.3 Å². The number of hydrogen-bond donors (Lipinski definition) is 0. The second-order valence-electron chi connectivity index (χ2n) is 4.41. The summed E-state index contributed by atoms with van der Waals surface area (Å²) in [5, 5.41) is 5.06. The van der Waals surface area contributed by atoms with E-state index >= 15 is 0 Å². The molecule has 1 radical (unpaired) electrons. The van der Waals surface area contributed by atoms with Gasteiger partial charge in [-0.25, -0.2) is 0 Å². The van der Waals surface area contributed by atoms with Crippen molar-refractivity contribution in [3.63, 3.8) is 0 Å². The maximum absolute atomic E-state index is 2.27. The van der Waals surface area contributed by atoms with Crippen molar-refractivity contribution in [2.75, 3.05) is 0 Å². The van der Waals surface area contributed by atoms with Crippen LogP contribution in [-0.4, -0.2) is 0 Å². The van der Waals surface area contributed by atoms with Crippen molar-refractivity contribution in [3.8, 4) is 0 Å². The van der Waals surface area contributed by atoms with Gasteiger partial charge in [0.05, 0.1) is 0 Å². The summed E-state index contributed by atoms with van der Waals surface area (Å²) in [5.41, 5.74) is 1.38. The first-order valence-electron chi connectivity index (χ1n) is 6.30. The molecule has 0 aliphatic heterocycles. The van der Waals surface area contributed by atoms with Gasteiger partial charge >= 0.3 is 0 Å². The van der Waals surface area contributed by atoms with Crippen molar-refractivity contribution >= 4 is 34.5 Å². The van der Waals surface area contributed by atoms with E-state index in [0.29, 0.717) is 0 Å². The predicted octanol–water partition coefficient (Wildman–Crippen LogP) is 3.81. The van der Waals surface area contributed by atoms with Crippen LogP contribution in [0.4, 0.5) is 0 Å². The van der Waals surface area contributed by atoms with Gasteiger partial charge in [0.2, 0.25) is 0 Å². The van der Waals surface area contributed by atoms with Crippen molar-refractivity contribution in [2.24, 2.45) is 0 Å². The smallest absolute Gasteiger partial charge is 0.0368 e. The predicted molar refractivity (Wildman–Crippen MR) is 87.8 cm³/mol. The van der Waals surface area contributed by atoms with Crippen LogP contribution in [0.1, 0.15) is 5.56 Å². The Bertz CT molecular complexity index is 650. The van der Waals surface area contributed by atoms with E-state index in [2.05, 4.69) is 79.0 Å². The standard InChI is InChI=1S/C17H15PS.Rh/c1-14-8-5-6-11-16(14)18(17-12-7-13-19-17)15-9-3-2-4-10-15;/h2-13H,1H3;. The fourth-order valence-electron chi connectivity index (χ4n) is 2.17. The summed E-state index contributed by atoms with van der Waals surface area (Å²) in [6.45, 7) is 2.21. The van der Waals surface area contributed by atoms with E-state index in [9.17, 15) is 0 Å². The summed E-state index contributed by atoms with van der Waals surface area (Å²) in [6.07, 6.45) is 0. The maximum Gasteiger partial charge on any atom is 0.0368 e. The molecule has 103 valence electrons. The molecule has 1 heterocycles. The van der Waals surface area contributed by atoms with E-state index in [-0.39, 0.29) is 19.5 Å². The molecule has 0 nitrogen and oxygen atoms in total. The fraction of sp³-hybridized carbons (Fsp3) is 0.0588. The van der Waals surface area contributed by atoms with Crippen LogP contribution >= 0.6 is 19.3 Å². The third kappa shape index (κ3) is 3.26. The molecule has 1 aromatic heterocycles. The number of thiophene rings is 1. The van der Waals surface area contributed by atoms with E-state index in [1.54, 1.807) is 0 Å². The van der Waals surface area contributed by atoms with Crippen LogP contribution in [0, 0.1) is 6.92 Å². The molecule has 3 rings (SSSR count). The SMILES string of the molecule is Cc1ccccc1P(c1ccccc1)c1cccs1.[Rh]. The number of rotatable bonds is 3. The Labute approximate surface area is 138 Å². The first-order chi connectivity index (χ1) is 9.36. The molecule has 0 saturated heterocycles. The Morgan fingerprint density at radius 2 is 1.50 bits per heavy atom. The van der Waals surface area contributed by atoms with Gasteiger partial charge in [-0.05, 0) is 42.5 Å². The fourth-order valence-corrected chi connectivity index (χ4v) is 5.98. The molecule has 3 aromatic rings. The van der Waals surface area contributed by atoms with Gasteiger partial charge in [-0.2, -0.15) is 0 Å². The minimum atomic E-state index is -0.411. The maximum atomic E-state index is 2.27. The van der Waals surface area contributed by atoms with Crippen LogP contribution in [0.5, 0.6) is 0 Å². The van der Waals surface area contributed by atoms with Crippen LogP contribution < -0.4 is 15.2 Å². The summed E-state index contributed by atoms with van der Waals surface area (Å²) < 4.78 is 1.47. The quantitative estimate of drug-likeness (QED) is 0.475. The molecule has 0 saturated carbocycles. The first kappa shape index (κ1) is 15.6. The average Bonchev–Trinajstić information content (AvgIpc) is 2.96. The molecule has 2 aromatic carbocycles. The van der Waals surface area contributed by atoms with Gasteiger partial charge in [-0.3, -0.25) is 0 Å². The Morgan fingerprint density at radius 1 is 0.800 bits per heavy atom. The number of benzene rings is 2. The zero-order chi connectivity index (χ0) is 13.1. The molecule has 1 unspecified atom stereocenters. The molecule has 20 heavy (non-hydrogen) atoms. The first-order valence-corrected chi connectivity index (χ1v) is 8.53. The molecule has 0 aliphatic carbocycles. The Balaban J connectivity index is 0.00000147. The van der Waals surface area contributed by atoms with Crippen molar-refractivity contribution in [3.05, 3.63) is 77.7 Å². The molecule has 0 amide bonds. The number of hydrogen-bond acceptors (Lipinski definition) is 1. The molecule has 0 spiro atoms. The van der Waals surface area contributed by atoms with Gasteiger partial charge in [0, 0.05) is 24.1 Å². The molecule has 0 aliphatic rings. The Hall–Kier alpha value is -0.807. The summed E-state index contributed by atoms with van der Waals surface area (Å²) in [5.74, 6) is 0. The normalized spacial score (nSPS) is 11.7. The molecular formula is C17H15PRhS. The molecule has 0 fully saturated rings. The summed E-state index contributed by atoms with van der Waals surface area (Å²) in [6, 6.07) is 24.0. The van der Waals surface area contributed by atoms with Gasteiger partial charge in [0.1, 0.15) is 0 Å².